The number of carbonyl (C=O) groups is 1. The molecule has 0 aliphatic rings. The molecule has 17 nitrogen and oxygen atoms in total. The van der Waals surface area contributed by atoms with Crippen molar-refractivity contribution in [2.45, 2.75) is 26.4 Å². The summed E-state index contributed by atoms with van der Waals surface area (Å²) in [6.45, 7) is 5.17. The molecule has 0 saturated heterocycles. The molecule has 52 heavy (non-hydrogen) atoms. The van der Waals surface area contributed by atoms with Crippen molar-refractivity contribution in [2.75, 3.05) is 5.32 Å². The number of imidazole rings is 2. The lowest BCUT2D eigenvalue weighted by molar-refractivity contribution is 0.0537. The van der Waals surface area contributed by atoms with Crippen molar-refractivity contribution in [1.82, 2.24) is 53.6 Å². The van der Waals surface area contributed by atoms with E-state index in [9.17, 15) is 14.4 Å². The number of H-pyrrole nitrogens is 1. The van der Waals surface area contributed by atoms with Gasteiger partial charge in [-0.3, -0.25) is 0 Å². The van der Waals surface area contributed by atoms with Crippen LogP contribution in [0, 0.1) is 0 Å². The molecule has 5 heterocycles. The van der Waals surface area contributed by atoms with Gasteiger partial charge in [0.25, 0.3) is 0 Å². The van der Waals surface area contributed by atoms with Gasteiger partial charge in [0.15, 0.2) is 12.2 Å². The number of aromatic amines is 1. The molecular weight excluding hydrogens is 692 g/mol. The van der Waals surface area contributed by atoms with E-state index in [2.05, 4.69) is 45.2 Å². The van der Waals surface area contributed by atoms with Gasteiger partial charge >= 0.3 is 17.5 Å². The Kier molecular flexibility index (Phi) is 8.83. The SMILES string of the molecule is CC(C)(C)OC(=O)n1c(=O)n(-c2ncnc(Cl)n2)c2ccccc21.O=c1[nH]c2ccccc2n1-c1ncnc(Nc2ccc(-c3cnco3)cc2)n1. The standard InChI is InChI=1S/C19H13N7O2.C15H14ClN5O3/c27-19-24-14-3-1-2-4-15(14)26(19)18-22-10-21-17(25-18)23-13-7-5-12(6-8-13)16-9-20-11-28-16;1-15(2,3)24-14(23)21-10-7-5-4-6-9(10)20(13(21)22)12-18-8-17-11(16)19-12/h1-11H,(H,24,27)(H,21,22,23,25);4-8H,1-3H3. The fourth-order valence-electron chi connectivity index (χ4n) is 5.12. The number of ether oxygens (including phenoxy) is 1. The number of halogens is 1. The van der Waals surface area contributed by atoms with Gasteiger partial charge in [0, 0.05) is 11.3 Å². The van der Waals surface area contributed by atoms with E-state index in [1.807, 2.05) is 48.5 Å². The van der Waals surface area contributed by atoms with Gasteiger partial charge in [0.2, 0.25) is 23.1 Å². The first kappa shape index (κ1) is 33.5. The number of benzene rings is 3. The first-order valence-corrected chi connectivity index (χ1v) is 15.9. The number of nitrogens with zero attached hydrogens (tertiary/aromatic N) is 10. The minimum Gasteiger partial charge on any atom is -0.444 e. The minimum absolute atomic E-state index is 0.0264. The molecule has 5 aromatic heterocycles. The maximum atomic E-state index is 12.8. The van der Waals surface area contributed by atoms with Crippen molar-refractivity contribution >= 4 is 51.4 Å². The van der Waals surface area contributed by atoms with Gasteiger partial charge in [-0.25, -0.2) is 48.4 Å². The molecule has 0 spiro atoms. The van der Waals surface area contributed by atoms with Crippen molar-refractivity contribution in [2.24, 2.45) is 0 Å². The lowest BCUT2D eigenvalue weighted by Gasteiger charge is -2.19. The zero-order chi connectivity index (χ0) is 36.4. The predicted octanol–water partition coefficient (Wildman–Crippen LogP) is 5.32. The molecule has 8 rings (SSSR count). The molecule has 0 saturated carbocycles. The summed E-state index contributed by atoms with van der Waals surface area (Å²) < 4.78 is 14.1. The molecule has 0 radical (unpaired) electrons. The Hall–Kier alpha value is -7.01. The van der Waals surface area contributed by atoms with Gasteiger partial charge in [-0.2, -0.15) is 14.5 Å². The summed E-state index contributed by atoms with van der Waals surface area (Å²) >= 11 is 5.78. The van der Waals surface area contributed by atoms with Crippen molar-refractivity contribution in [3.8, 4) is 23.2 Å². The van der Waals surface area contributed by atoms with E-state index in [1.54, 1.807) is 51.2 Å². The molecule has 18 heteroatoms. The summed E-state index contributed by atoms with van der Waals surface area (Å²) in [4.78, 5) is 68.5. The number of para-hydroxylation sites is 4. The van der Waals surface area contributed by atoms with E-state index in [0.29, 0.717) is 33.8 Å². The minimum atomic E-state index is -0.775. The molecule has 3 aromatic carbocycles. The Morgan fingerprint density at radius 3 is 2.19 bits per heavy atom. The third kappa shape index (κ3) is 6.88. The van der Waals surface area contributed by atoms with E-state index < -0.39 is 17.4 Å². The highest BCUT2D eigenvalue weighted by Gasteiger charge is 2.25. The van der Waals surface area contributed by atoms with Gasteiger partial charge in [-0.05, 0) is 80.9 Å². The number of rotatable bonds is 5. The summed E-state index contributed by atoms with van der Waals surface area (Å²) in [5.74, 6) is 1.28. The molecule has 0 unspecified atom stereocenters. The third-order valence-corrected chi connectivity index (χ3v) is 7.44. The van der Waals surface area contributed by atoms with Crippen LogP contribution in [0.4, 0.5) is 16.4 Å². The highest BCUT2D eigenvalue weighted by Crippen LogP contribution is 2.23. The second kappa shape index (κ2) is 13.7. The summed E-state index contributed by atoms with van der Waals surface area (Å²) in [5.41, 5.74) is 2.24. The monoisotopic (exact) mass is 718 g/mol. The van der Waals surface area contributed by atoms with Crippen molar-refractivity contribution in [3.05, 3.63) is 124 Å². The molecular formula is C34H27ClN12O5. The molecule has 0 atom stereocenters. The summed E-state index contributed by atoms with van der Waals surface area (Å²) in [7, 11) is 0. The van der Waals surface area contributed by atoms with E-state index in [0.717, 1.165) is 15.8 Å². The maximum Gasteiger partial charge on any atom is 0.423 e. The maximum absolute atomic E-state index is 12.8. The second-order valence-electron chi connectivity index (χ2n) is 11.9. The number of oxazole rings is 1. The molecule has 260 valence electrons. The topological polar surface area (TPSA) is 206 Å². The van der Waals surface area contributed by atoms with Crippen LogP contribution in [0.2, 0.25) is 5.28 Å². The highest BCUT2D eigenvalue weighted by atomic mass is 35.5. The van der Waals surface area contributed by atoms with Crippen LogP contribution in [0.5, 0.6) is 0 Å². The largest absolute Gasteiger partial charge is 0.444 e. The zero-order valence-electron chi connectivity index (χ0n) is 27.6. The first-order valence-electron chi connectivity index (χ1n) is 15.5. The lowest BCUT2D eigenvalue weighted by Crippen LogP contribution is -2.34. The number of fused-ring (bicyclic) bond motifs is 2. The van der Waals surface area contributed by atoms with Crippen LogP contribution in [0.3, 0.4) is 0 Å². The molecule has 0 bridgehead atoms. The van der Waals surface area contributed by atoms with E-state index >= 15 is 0 Å². The number of anilines is 2. The Morgan fingerprint density at radius 2 is 1.50 bits per heavy atom. The van der Waals surface area contributed by atoms with Crippen molar-refractivity contribution in [1.29, 1.82) is 0 Å². The molecule has 0 amide bonds. The Labute approximate surface area is 297 Å². The van der Waals surface area contributed by atoms with Crippen molar-refractivity contribution < 1.29 is 13.9 Å². The Balaban J connectivity index is 0.000000164. The van der Waals surface area contributed by atoms with Crippen LogP contribution in [-0.2, 0) is 4.74 Å². The summed E-state index contributed by atoms with van der Waals surface area (Å²) in [6, 6.07) is 21.7. The number of hydrogen-bond donors (Lipinski definition) is 2. The number of nitrogens with one attached hydrogen (secondary N) is 2. The van der Waals surface area contributed by atoms with E-state index in [1.165, 1.54) is 28.2 Å². The highest BCUT2D eigenvalue weighted by molar-refractivity contribution is 6.28. The molecule has 2 N–H and O–H groups in total. The predicted molar refractivity (Wildman–Crippen MR) is 190 cm³/mol. The number of aromatic nitrogens is 11. The molecule has 0 fully saturated rings. The summed E-state index contributed by atoms with van der Waals surface area (Å²) in [6.07, 6.45) is 4.82. The smallest absolute Gasteiger partial charge is 0.423 e. The summed E-state index contributed by atoms with van der Waals surface area (Å²) in [5, 5.41) is 3.06. The van der Waals surface area contributed by atoms with Crippen molar-refractivity contribution in [3.63, 3.8) is 0 Å². The average Bonchev–Trinajstić information content (AvgIpc) is 3.84. The Bertz CT molecular complexity index is 2660. The average molecular weight is 719 g/mol. The quantitative estimate of drug-likeness (QED) is 0.231. The van der Waals surface area contributed by atoms with Crippen LogP contribution >= 0.6 is 11.6 Å². The van der Waals surface area contributed by atoms with E-state index in [-0.39, 0.29) is 22.9 Å². The third-order valence-electron chi connectivity index (χ3n) is 7.26. The van der Waals surface area contributed by atoms with Crippen LogP contribution in [0.15, 0.2) is 112 Å². The van der Waals surface area contributed by atoms with Gasteiger partial charge < -0.3 is 19.5 Å². The normalized spacial score (nSPS) is 11.3. The van der Waals surface area contributed by atoms with Crippen LogP contribution in [0.25, 0.3) is 45.3 Å². The molecule has 0 aliphatic heterocycles. The van der Waals surface area contributed by atoms with E-state index in [4.69, 9.17) is 20.8 Å². The molecule has 0 aliphatic carbocycles. The Morgan fingerprint density at radius 1 is 0.827 bits per heavy atom. The van der Waals surface area contributed by atoms with Crippen LogP contribution in [0.1, 0.15) is 20.8 Å². The van der Waals surface area contributed by atoms with Gasteiger partial charge in [0.1, 0.15) is 18.3 Å². The first-order chi connectivity index (χ1) is 25.1. The fraction of sp³-hybridized carbons (Fsp3) is 0.118. The number of hydrogen-bond acceptors (Lipinski definition) is 13. The van der Waals surface area contributed by atoms with Gasteiger partial charge in [-0.1, -0.05) is 24.3 Å². The lowest BCUT2D eigenvalue weighted by atomic mass is 10.2. The zero-order valence-corrected chi connectivity index (χ0v) is 28.4. The van der Waals surface area contributed by atoms with Gasteiger partial charge in [0.05, 0.1) is 28.3 Å². The number of carbonyl (C=O) groups excluding carboxylic acids is 1. The van der Waals surface area contributed by atoms with Gasteiger partial charge in [-0.15, -0.1) is 0 Å². The molecule has 8 aromatic rings. The van der Waals surface area contributed by atoms with Crippen LogP contribution < -0.4 is 16.7 Å². The van der Waals surface area contributed by atoms with Crippen LogP contribution in [-0.4, -0.2) is 65.3 Å². The second-order valence-corrected chi connectivity index (χ2v) is 12.3. The fourth-order valence-corrected chi connectivity index (χ4v) is 5.24.